The summed E-state index contributed by atoms with van der Waals surface area (Å²) in [6.07, 6.45) is 3.92. The second-order valence-corrected chi connectivity index (χ2v) is 4.37. The SMILES string of the molecule is O=C(CCl)NCCc1ccc(N2CCC2)nc1. The summed E-state index contributed by atoms with van der Waals surface area (Å²) < 4.78 is 0. The van der Waals surface area contributed by atoms with Gasteiger partial charge in [-0.1, -0.05) is 6.07 Å². The molecule has 17 heavy (non-hydrogen) atoms. The second kappa shape index (κ2) is 5.87. The number of hydrogen-bond donors (Lipinski definition) is 1. The summed E-state index contributed by atoms with van der Waals surface area (Å²) in [5.74, 6) is 0.938. The minimum Gasteiger partial charge on any atom is -0.356 e. The lowest BCUT2D eigenvalue weighted by Gasteiger charge is -2.31. The molecule has 1 aromatic rings. The number of rotatable bonds is 5. The van der Waals surface area contributed by atoms with Gasteiger partial charge in [0, 0.05) is 25.8 Å². The number of amides is 1. The number of halogens is 1. The first kappa shape index (κ1) is 12.2. The zero-order valence-electron chi connectivity index (χ0n) is 9.66. The number of nitrogens with zero attached hydrogens (tertiary/aromatic N) is 2. The summed E-state index contributed by atoms with van der Waals surface area (Å²) in [4.78, 5) is 17.6. The predicted octanol–water partition coefficient (Wildman–Crippen LogP) is 1.19. The topological polar surface area (TPSA) is 45.2 Å². The van der Waals surface area contributed by atoms with Gasteiger partial charge >= 0.3 is 0 Å². The normalized spacial score (nSPS) is 14.3. The first-order valence-electron chi connectivity index (χ1n) is 5.82. The van der Waals surface area contributed by atoms with Gasteiger partial charge in [0.25, 0.3) is 0 Å². The highest BCUT2D eigenvalue weighted by Crippen LogP contribution is 2.17. The van der Waals surface area contributed by atoms with Crippen molar-refractivity contribution < 1.29 is 4.79 Å². The van der Waals surface area contributed by atoms with Gasteiger partial charge in [0.1, 0.15) is 11.7 Å². The van der Waals surface area contributed by atoms with E-state index in [1.165, 1.54) is 6.42 Å². The average Bonchev–Trinajstić information content (AvgIpc) is 2.29. The van der Waals surface area contributed by atoms with E-state index in [4.69, 9.17) is 11.6 Å². The molecular formula is C12H16ClN3O. The van der Waals surface area contributed by atoms with Crippen molar-refractivity contribution in [1.29, 1.82) is 0 Å². The molecule has 2 rings (SSSR count). The fourth-order valence-electron chi connectivity index (χ4n) is 1.69. The fourth-order valence-corrected chi connectivity index (χ4v) is 1.78. The maximum atomic E-state index is 10.9. The molecule has 0 spiro atoms. The lowest BCUT2D eigenvalue weighted by Crippen LogP contribution is -2.37. The highest BCUT2D eigenvalue weighted by molar-refractivity contribution is 6.27. The third-order valence-corrected chi connectivity index (χ3v) is 3.09. The molecule has 1 aromatic heterocycles. The molecule has 1 aliphatic rings. The van der Waals surface area contributed by atoms with Gasteiger partial charge in [-0.25, -0.2) is 4.98 Å². The Labute approximate surface area is 106 Å². The summed E-state index contributed by atoms with van der Waals surface area (Å²) in [7, 11) is 0. The summed E-state index contributed by atoms with van der Waals surface area (Å²) in [6.45, 7) is 2.83. The van der Waals surface area contributed by atoms with E-state index in [9.17, 15) is 4.79 Å². The van der Waals surface area contributed by atoms with Crippen LogP contribution < -0.4 is 10.2 Å². The standard InChI is InChI=1S/C12H16ClN3O/c13-8-12(17)14-5-4-10-2-3-11(15-9-10)16-6-1-7-16/h2-3,9H,1,4-8H2,(H,14,17). The predicted molar refractivity (Wildman–Crippen MR) is 68.5 cm³/mol. The number of alkyl halides is 1. The Bertz CT molecular complexity index is 376. The van der Waals surface area contributed by atoms with E-state index in [1.807, 2.05) is 12.3 Å². The van der Waals surface area contributed by atoms with Crippen LogP contribution in [0.2, 0.25) is 0 Å². The van der Waals surface area contributed by atoms with Crippen LogP contribution in [0.15, 0.2) is 18.3 Å². The van der Waals surface area contributed by atoms with Gasteiger partial charge in [0.2, 0.25) is 5.91 Å². The minimum atomic E-state index is -0.128. The zero-order chi connectivity index (χ0) is 12.1. The van der Waals surface area contributed by atoms with Crippen LogP contribution >= 0.6 is 11.6 Å². The van der Waals surface area contributed by atoms with Crippen molar-refractivity contribution >= 4 is 23.3 Å². The van der Waals surface area contributed by atoms with Gasteiger partial charge in [-0.05, 0) is 24.5 Å². The third-order valence-electron chi connectivity index (χ3n) is 2.85. The first-order valence-corrected chi connectivity index (χ1v) is 6.35. The van der Waals surface area contributed by atoms with Crippen LogP contribution in [-0.2, 0) is 11.2 Å². The summed E-state index contributed by atoms with van der Waals surface area (Å²) >= 11 is 5.38. The molecule has 1 amide bonds. The number of nitrogens with one attached hydrogen (secondary N) is 1. The number of anilines is 1. The highest BCUT2D eigenvalue weighted by atomic mass is 35.5. The maximum Gasteiger partial charge on any atom is 0.234 e. The Morgan fingerprint density at radius 3 is 2.82 bits per heavy atom. The Kier molecular flexibility index (Phi) is 4.20. The van der Waals surface area contributed by atoms with Gasteiger partial charge in [-0.15, -0.1) is 11.6 Å². The molecule has 0 radical (unpaired) electrons. The molecule has 0 aromatic carbocycles. The van der Waals surface area contributed by atoms with Gasteiger partial charge in [0.05, 0.1) is 0 Å². The van der Waals surface area contributed by atoms with E-state index in [0.29, 0.717) is 6.54 Å². The molecule has 0 bridgehead atoms. The van der Waals surface area contributed by atoms with Crippen molar-refractivity contribution in [2.75, 3.05) is 30.4 Å². The van der Waals surface area contributed by atoms with E-state index < -0.39 is 0 Å². The van der Waals surface area contributed by atoms with Crippen molar-refractivity contribution in [3.05, 3.63) is 23.9 Å². The molecule has 0 unspecified atom stereocenters. The monoisotopic (exact) mass is 253 g/mol. The van der Waals surface area contributed by atoms with E-state index >= 15 is 0 Å². The van der Waals surface area contributed by atoms with Gasteiger partial charge in [-0.3, -0.25) is 4.79 Å². The molecule has 5 heteroatoms. The molecule has 4 nitrogen and oxygen atoms in total. The fraction of sp³-hybridized carbons (Fsp3) is 0.500. The van der Waals surface area contributed by atoms with Crippen LogP contribution in [0.25, 0.3) is 0 Å². The van der Waals surface area contributed by atoms with E-state index in [0.717, 1.165) is 30.9 Å². The van der Waals surface area contributed by atoms with Crippen LogP contribution in [-0.4, -0.2) is 36.4 Å². The molecule has 92 valence electrons. The molecule has 2 heterocycles. The molecule has 1 saturated heterocycles. The number of pyridine rings is 1. The molecule has 0 saturated carbocycles. The molecule has 1 aliphatic heterocycles. The van der Waals surface area contributed by atoms with Crippen molar-refractivity contribution in [1.82, 2.24) is 10.3 Å². The third kappa shape index (κ3) is 3.33. The number of hydrogen-bond acceptors (Lipinski definition) is 3. The number of carbonyl (C=O) groups is 1. The zero-order valence-corrected chi connectivity index (χ0v) is 10.4. The molecule has 1 fully saturated rings. The van der Waals surface area contributed by atoms with Crippen molar-refractivity contribution in [2.45, 2.75) is 12.8 Å². The first-order chi connectivity index (χ1) is 8.29. The Morgan fingerprint density at radius 1 is 1.47 bits per heavy atom. The van der Waals surface area contributed by atoms with E-state index in [2.05, 4.69) is 21.3 Å². The van der Waals surface area contributed by atoms with Crippen molar-refractivity contribution in [3.8, 4) is 0 Å². The molecule has 0 atom stereocenters. The number of carbonyl (C=O) groups excluding carboxylic acids is 1. The van der Waals surface area contributed by atoms with Gasteiger partial charge < -0.3 is 10.2 Å². The molecule has 1 N–H and O–H groups in total. The Hall–Kier alpha value is -1.29. The summed E-state index contributed by atoms with van der Waals surface area (Å²) in [5.41, 5.74) is 1.13. The average molecular weight is 254 g/mol. The van der Waals surface area contributed by atoms with Crippen LogP contribution in [0.4, 0.5) is 5.82 Å². The largest absolute Gasteiger partial charge is 0.356 e. The lowest BCUT2D eigenvalue weighted by molar-refractivity contribution is -0.118. The van der Waals surface area contributed by atoms with Gasteiger partial charge in [0.15, 0.2) is 0 Å². The molecular weight excluding hydrogens is 238 g/mol. The van der Waals surface area contributed by atoms with Crippen LogP contribution in [0.3, 0.4) is 0 Å². The van der Waals surface area contributed by atoms with Crippen molar-refractivity contribution in [2.24, 2.45) is 0 Å². The highest BCUT2D eigenvalue weighted by Gasteiger charge is 2.14. The lowest BCUT2D eigenvalue weighted by atomic mass is 10.2. The molecule has 0 aliphatic carbocycles. The van der Waals surface area contributed by atoms with Crippen LogP contribution in [0.5, 0.6) is 0 Å². The van der Waals surface area contributed by atoms with Crippen molar-refractivity contribution in [3.63, 3.8) is 0 Å². The van der Waals surface area contributed by atoms with Gasteiger partial charge in [-0.2, -0.15) is 0 Å². The van der Waals surface area contributed by atoms with Crippen LogP contribution in [0.1, 0.15) is 12.0 Å². The Balaban J connectivity index is 1.79. The minimum absolute atomic E-state index is 0.0200. The smallest absolute Gasteiger partial charge is 0.234 e. The van der Waals surface area contributed by atoms with E-state index in [1.54, 1.807) is 0 Å². The second-order valence-electron chi connectivity index (χ2n) is 4.10. The van der Waals surface area contributed by atoms with E-state index in [-0.39, 0.29) is 11.8 Å². The summed E-state index contributed by atoms with van der Waals surface area (Å²) in [6, 6.07) is 4.10. The summed E-state index contributed by atoms with van der Waals surface area (Å²) in [5, 5.41) is 2.73. The van der Waals surface area contributed by atoms with Crippen LogP contribution in [0, 0.1) is 0 Å². The maximum absolute atomic E-state index is 10.9. The number of aromatic nitrogens is 1. The Morgan fingerprint density at radius 2 is 2.29 bits per heavy atom. The quantitative estimate of drug-likeness (QED) is 0.802.